The van der Waals surface area contributed by atoms with E-state index in [0.717, 1.165) is 25.1 Å². The van der Waals surface area contributed by atoms with Gasteiger partial charge in [0.25, 0.3) is 0 Å². The van der Waals surface area contributed by atoms with Crippen LogP contribution in [-0.2, 0) is 4.79 Å². The minimum Gasteiger partial charge on any atom is -0.385 e. The highest BCUT2D eigenvalue weighted by molar-refractivity contribution is 5.85. The number of para-hydroxylation sites is 1. The lowest BCUT2D eigenvalue weighted by Crippen LogP contribution is -2.27. The zero-order chi connectivity index (χ0) is 13.2. The number of nitrogens with one attached hydrogen (secondary N) is 2. The van der Waals surface area contributed by atoms with E-state index in [2.05, 4.69) is 10.6 Å². The molecular formula is C14H25Cl2N3O. The van der Waals surface area contributed by atoms with Gasteiger partial charge in [0, 0.05) is 31.2 Å². The van der Waals surface area contributed by atoms with Crippen LogP contribution < -0.4 is 16.4 Å². The molecule has 0 spiro atoms. The molecule has 0 radical (unpaired) electrons. The molecule has 0 bridgehead atoms. The third kappa shape index (κ3) is 10.9. The first-order chi connectivity index (χ1) is 8.68. The summed E-state index contributed by atoms with van der Waals surface area (Å²) in [5, 5.41) is 6.19. The van der Waals surface area contributed by atoms with E-state index in [9.17, 15) is 4.79 Å². The third-order valence-electron chi connectivity index (χ3n) is 2.61. The van der Waals surface area contributed by atoms with E-state index in [1.54, 1.807) is 0 Å². The van der Waals surface area contributed by atoms with Gasteiger partial charge in [-0.05, 0) is 31.9 Å². The molecule has 0 heterocycles. The molecule has 0 saturated carbocycles. The molecule has 1 aromatic rings. The van der Waals surface area contributed by atoms with E-state index in [-0.39, 0.29) is 36.8 Å². The highest BCUT2D eigenvalue weighted by Gasteiger charge is 2.02. The number of carbonyl (C=O) groups excluding carboxylic acids is 1. The number of carbonyl (C=O) groups is 1. The molecule has 0 aliphatic carbocycles. The molecule has 0 aliphatic rings. The summed E-state index contributed by atoms with van der Waals surface area (Å²) in [6.45, 7) is 3.48. The lowest BCUT2D eigenvalue weighted by atomic mass is 10.2. The van der Waals surface area contributed by atoms with Crippen molar-refractivity contribution in [2.45, 2.75) is 32.2 Å². The first kappa shape index (κ1) is 21.3. The van der Waals surface area contributed by atoms with Crippen molar-refractivity contribution in [1.82, 2.24) is 5.32 Å². The van der Waals surface area contributed by atoms with Crippen molar-refractivity contribution >= 4 is 36.4 Å². The van der Waals surface area contributed by atoms with Gasteiger partial charge in [-0.1, -0.05) is 18.2 Å². The maximum absolute atomic E-state index is 11.4. The number of benzene rings is 1. The van der Waals surface area contributed by atoms with Gasteiger partial charge in [-0.15, -0.1) is 24.8 Å². The van der Waals surface area contributed by atoms with Crippen molar-refractivity contribution < 1.29 is 4.79 Å². The van der Waals surface area contributed by atoms with Gasteiger partial charge in [0.1, 0.15) is 0 Å². The number of amides is 1. The Morgan fingerprint density at radius 3 is 2.45 bits per heavy atom. The van der Waals surface area contributed by atoms with Crippen LogP contribution in [0.4, 0.5) is 5.69 Å². The predicted molar refractivity (Wildman–Crippen MR) is 89.9 cm³/mol. The average Bonchev–Trinajstić information content (AvgIpc) is 2.37. The topological polar surface area (TPSA) is 67.2 Å². The molecule has 0 fully saturated rings. The maximum Gasteiger partial charge on any atom is 0.220 e. The summed E-state index contributed by atoms with van der Waals surface area (Å²) in [7, 11) is 0. The molecule has 4 N–H and O–H groups in total. The Labute approximate surface area is 133 Å². The number of hydrogen-bond acceptors (Lipinski definition) is 3. The van der Waals surface area contributed by atoms with E-state index >= 15 is 0 Å². The Morgan fingerprint density at radius 1 is 1.20 bits per heavy atom. The highest BCUT2D eigenvalue weighted by Crippen LogP contribution is 2.04. The Balaban J connectivity index is 0. The molecule has 1 rings (SSSR count). The van der Waals surface area contributed by atoms with Crippen LogP contribution in [0.1, 0.15) is 26.2 Å². The van der Waals surface area contributed by atoms with E-state index in [4.69, 9.17) is 5.73 Å². The van der Waals surface area contributed by atoms with Crippen LogP contribution in [0.3, 0.4) is 0 Å². The van der Waals surface area contributed by atoms with Crippen LogP contribution in [0, 0.1) is 0 Å². The summed E-state index contributed by atoms with van der Waals surface area (Å²) in [6.07, 6.45) is 2.18. The van der Waals surface area contributed by atoms with Gasteiger partial charge in [0.2, 0.25) is 5.91 Å². The molecule has 0 saturated heterocycles. The fourth-order valence-electron chi connectivity index (χ4n) is 1.55. The predicted octanol–water partition coefficient (Wildman–Crippen LogP) is 2.58. The molecule has 1 atom stereocenters. The fraction of sp³-hybridized carbons (Fsp3) is 0.500. The number of hydrogen-bond donors (Lipinski definition) is 3. The van der Waals surface area contributed by atoms with Crippen LogP contribution in [-0.4, -0.2) is 25.0 Å². The second-order valence-corrected chi connectivity index (χ2v) is 4.51. The van der Waals surface area contributed by atoms with E-state index < -0.39 is 0 Å². The lowest BCUT2D eigenvalue weighted by molar-refractivity contribution is -0.121. The summed E-state index contributed by atoms with van der Waals surface area (Å²) in [5.74, 6) is 0.0898. The largest absolute Gasteiger partial charge is 0.385 e. The summed E-state index contributed by atoms with van der Waals surface area (Å²) in [6, 6.07) is 10.1. The second kappa shape index (κ2) is 13.0. The average molecular weight is 322 g/mol. The smallest absolute Gasteiger partial charge is 0.220 e. The Kier molecular flexibility index (Phi) is 13.9. The Hall–Kier alpha value is -0.970. The molecule has 1 aromatic carbocycles. The van der Waals surface area contributed by atoms with Gasteiger partial charge in [-0.3, -0.25) is 4.79 Å². The number of halogens is 2. The van der Waals surface area contributed by atoms with Gasteiger partial charge in [0.05, 0.1) is 0 Å². The van der Waals surface area contributed by atoms with Crippen LogP contribution in [0.15, 0.2) is 30.3 Å². The van der Waals surface area contributed by atoms with Gasteiger partial charge < -0.3 is 16.4 Å². The second-order valence-electron chi connectivity index (χ2n) is 4.51. The van der Waals surface area contributed by atoms with Crippen molar-refractivity contribution in [3.8, 4) is 0 Å². The van der Waals surface area contributed by atoms with Crippen molar-refractivity contribution in [1.29, 1.82) is 0 Å². The maximum atomic E-state index is 11.4. The van der Waals surface area contributed by atoms with Crippen LogP contribution >= 0.6 is 24.8 Å². The zero-order valence-corrected chi connectivity index (χ0v) is 13.4. The zero-order valence-electron chi connectivity index (χ0n) is 11.8. The van der Waals surface area contributed by atoms with Crippen molar-refractivity contribution in [2.75, 3.05) is 18.4 Å². The normalized spacial score (nSPS) is 10.7. The number of nitrogens with two attached hydrogens (primary N) is 1. The molecule has 1 unspecified atom stereocenters. The molecule has 0 aliphatic heterocycles. The summed E-state index contributed by atoms with van der Waals surface area (Å²) in [4.78, 5) is 11.4. The van der Waals surface area contributed by atoms with Crippen molar-refractivity contribution in [3.05, 3.63) is 30.3 Å². The van der Waals surface area contributed by atoms with Gasteiger partial charge >= 0.3 is 0 Å². The standard InChI is InChI=1S/C14H23N3O.2ClH/c1-12(15)8-9-14(18)17-11-5-10-16-13-6-3-2-4-7-13;;/h2-4,6-7,12,16H,5,8-11,15H2,1H3,(H,17,18);2*1H. The monoisotopic (exact) mass is 321 g/mol. The molecule has 116 valence electrons. The first-order valence-electron chi connectivity index (χ1n) is 6.49. The van der Waals surface area contributed by atoms with Crippen LogP contribution in [0.2, 0.25) is 0 Å². The van der Waals surface area contributed by atoms with Crippen LogP contribution in [0.5, 0.6) is 0 Å². The summed E-state index contributed by atoms with van der Waals surface area (Å²) in [5.41, 5.74) is 6.70. The number of anilines is 1. The molecule has 0 aromatic heterocycles. The van der Waals surface area contributed by atoms with Gasteiger partial charge in [0.15, 0.2) is 0 Å². The fourth-order valence-corrected chi connectivity index (χ4v) is 1.55. The molecule has 1 amide bonds. The van der Waals surface area contributed by atoms with Crippen molar-refractivity contribution in [3.63, 3.8) is 0 Å². The molecule has 6 heteroatoms. The number of rotatable bonds is 8. The Morgan fingerprint density at radius 2 is 1.85 bits per heavy atom. The molecule has 4 nitrogen and oxygen atoms in total. The summed E-state index contributed by atoms with van der Waals surface area (Å²) < 4.78 is 0. The minimum atomic E-state index is 0. The molecule has 20 heavy (non-hydrogen) atoms. The Bertz CT molecular complexity index is 348. The minimum absolute atomic E-state index is 0. The third-order valence-corrected chi connectivity index (χ3v) is 2.61. The van der Waals surface area contributed by atoms with E-state index in [1.165, 1.54) is 0 Å². The van der Waals surface area contributed by atoms with E-state index in [1.807, 2.05) is 37.3 Å². The molecular weight excluding hydrogens is 297 g/mol. The van der Waals surface area contributed by atoms with E-state index in [0.29, 0.717) is 13.0 Å². The summed E-state index contributed by atoms with van der Waals surface area (Å²) >= 11 is 0. The van der Waals surface area contributed by atoms with Crippen molar-refractivity contribution in [2.24, 2.45) is 5.73 Å². The first-order valence-corrected chi connectivity index (χ1v) is 6.49. The van der Waals surface area contributed by atoms with Gasteiger partial charge in [-0.2, -0.15) is 0 Å². The quantitative estimate of drug-likeness (QED) is 0.645. The SMILES string of the molecule is CC(N)CCC(=O)NCCCNc1ccccc1.Cl.Cl. The lowest BCUT2D eigenvalue weighted by Gasteiger charge is -2.08. The van der Waals surface area contributed by atoms with Crippen LogP contribution in [0.25, 0.3) is 0 Å². The van der Waals surface area contributed by atoms with Gasteiger partial charge in [-0.25, -0.2) is 0 Å². The highest BCUT2D eigenvalue weighted by atomic mass is 35.5.